The molecule has 0 amide bonds. The molecule has 0 saturated heterocycles. The van der Waals surface area contributed by atoms with Crippen LogP contribution in [0.15, 0.2) is 24.3 Å². The molecule has 0 fully saturated rings. The van der Waals surface area contributed by atoms with Gasteiger partial charge in [0.25, 0.3) is 5.69 Å². The van der Waals surface area contributed by atoms with Crippen LogP contribution < -0.4 is 4.74 Å². The summed E-state index contributed by atoms with van der Waals surface area (Å²) in [4.78, 5) is 20.9. The molecule has 1 aromatic carbocycles. The van der Waals surface area contributed by atoms with E-state index >= 15 is 0 Å². The molecule has 0 aliphatic rings. The molecule has 20 heavy (non-hydrogen) atoms. The highest BCUT2D eigenvalue weighted by Gasteiger charge is 2.10. The third-order valence-corrected chi connectivity index (χ3v) is 1.58. The molecule has 6 nitrogen and oxygen atoms in total. The van der Waals surface area contributed by atoms with Crippen molar-refractivity contribution in [3.05, 3.63) is 34.4 Å². The van der Waals surface area contributed by atoms with Crippen molar-refractivity contribution in [3.8, 4) is 5.75 Å². The lowest BCUT2D eigenvalue weighted by atomic mass is 10.3. The molecule has 0 radical (unpaired) electrons. The lowest BCUT2D eigenvalue weighted by Crippen LogP contribution is -2.15. The van der Waals surface area contributed by atoms with Crippen LogP contribution >= 0.6 is 0 Å². The Labute approximate surface area is 119 Å². The van der Waals surface area contributed by atoms with E-state index in [4.69, 9.17) is 9.47 Å². The summed E-state index contributed by atoms with van der Waals surface area (Å²) in [6.45, 7) is 11.4. The molecule has 0 spiro atoms. The van der Waals surface area contributed by atoms with Crippen LogP contribution in [0.2, 0.25) is 0 Å². The molecule has 0 atom stereocenters. The van der Waals surface area contributed by atoms with Crippen LogP contribution in [0.25, 0.3) is 0 Å². The van der Waals surface area contributed by atoms with Crippen molar-refractivity contribution in [2.45, 2.75) is 47.6 Å². The van der Waals surface area contributed by atoms with Crippen LogP contribution in [0.4, 0.5) is 10.5 Å². The molecule has 1 aromatic rings. The van der Waals surface area contributed by atoms with E-state index in [1.54, 1.807) is 13.8 Å². The number of carbonyl (C=O) groups excluding carboxylic acids is 1. The summed E-state index contributed by atoms with van der Waals surface area (Å²) in [6, 6.07) is 5.16. The van der Waals surface area contributed by atoms with Gasteiger partial charge in [-0.25, -0.2) is 4.79 Å². The molecule has 114 valence electrons. The molecule has 0 unspecified atom stereocenters. The number of nitro groups is 1. The molecule has 0 saturated carbocycles. The van der Waals surface area contributed by atoms with Crippen LogP contribution in [0.5, 0.6) is 5.75 Å². The van der Waals surface area contributed by atoms with Gasteiger partial charge in [-0.15, -0.1) is 0 Å². The Bertz CT molecular complexity index is 387. The normalized spacial score (nSPS) is 8.55. The molecule has 0 aliphatic heterocycles. The number of carbonyl (C=O) groups is 1. The third kappa shape index (κ3) is 8.91. The van der Waals surface area contributed by atoms with Gasteiger partial charge in [0.05, 0.1) is 11.0 Å². The molecule has 0 aromatic heterocycles. The standard InChI is InChI=1S/C10H11NO5.2C2H6/c1-7(2)15-10(12)16-9-5-3-8(4-6-9)11(13)14;2*1-2/h3-7H,1-2H3;2*1-2H3. The largest absolute Gasteiger partial charge is 0.514 e. The first-order chi connectivity index (χ1) is 9.49. The van der Waals surface area contributed by atoms with E-state index in [-0.39, 0.29) is 17.5 Å². The van der Waals surface area contributed by atoms with E-state index in [1.165, 1.54) is 24.3 Å². The van der Waals surface area contributed by atoms with Crippen molar-refractivity contribution in [3.63, 3.8) is 0 Å². The maximum atomic E-state index is 11.1. The SMILES string of the molecule is CC.CC.CC(C)OC(=O)Oc1ccc([N+](=O)[O-])cc1. The fourth-order valence-electron chi connectivity index (χ4n) is 0.949. The van der Waals surface area contributed by atoms with Gasteiger partial charge in [-0.05, 0) is 26.0 Å². The zero-order valence-corrected chi connectivity index (χ0v) is 12.9. The highest BCUT2D eigenvalue weighted by atomic mass is 16.7. The number of benzene rings is 1. The van der Waals surface area contributed by atoms with Gasteiger partial charge in [-0.1, -0.05) is 27.7 Å². The number of nitrogens with zero attached hydrogens (tertiary/aromatic N) is 1. The molecular formula is C14H23NO5. The number of hydrogen-bond donors (Lipinski definition) is 0. The highest BCUT2D eigenvalue weighted by Crippen LogP contribution is 2.17. The fraction of sp³-hybridized carbons (Fsp3) is 0.500. The van der Waals surface area contributed by atoms with Crippen LogP contribution in [0.3, 0.4) is 0 Å². The lowest BCUT2D eigenvalue weighted by molar-refractivity contribution is -0.384. The Morgan fingerprint density at radius 3 is 1.90 bits per heavy atom. The maximum Gasteiger partial charge on any atom is 0.514 e. The van der Waals surface area contributed by atoms with Crippen molar-refractivity contribution in [1.29, 1.82) is 0 Å². The minimum absolute atomic E-state index is 0.0652. The Morgan fingerprint density at radius 1 is 1.10 bits per heavy atom. The number of rotatable bonds is 3. The summed E-state index contributed by atoms with van der Waals surface area (Å²) in [5, 5.41) is 10.4. The van der Waals surface area contributed by atoms with E-state index in [9.17, 15) is 14.9 Å². The Morgan fingerprint density at radius 2 is 1.55 bits per heavy atom. The quantitative estimate of drug-likeness (QED) is 0.352. The van der Waals surface area contributed by atoms with Crippen LogP contribution in [0, 0.1) is 10.1 Å². The third-order valence-electron chi connectivity index (χ3n) is 1.58. The smallest absolute Gasteiger partial charge is 0.431 e. The molecule has 6 heteroatoms. The highest BCUT2D eigenvalue weighted by molar-refractivity contribution is 5.64. The van der Waals surface area contributed by atoms with Crippen LogP contribution in [-0.4, -0.2) is 17.2 Å². The average Bonchev–Trinajstić information content (AvgIpc) is 2.43. The molecule has 1 rings (SSSR count). The number of ether oxygens (including phenoxy) is 2. The van der Waals surface area contributed by atoms with E-state index in [0.717, 1.165) is 0 Å². The minimum atomic E-state index is -0.830. The second-order valence-electron chi connectivity index (χ2n) is 3.27. The van der Waals surface area contributed by atoms with Gasteiger partial charge in [-0.3, -0.25) is 10.1 Å². The van der Waals surface area contributed by atoms with Crippen molar-refractivity contribution in [2.24, 2.45) is 0 Å². The molecule has 0 bridgehead atoms. The van der Waals surface area contributed by atoms with Gasteiger partial charge in [-0.2, -0.15) is 0 Å². The van der Waals surface area contributed by atoms with Gasteiger partial charge < -0.3 is 9.47 Å². The Balaban J connectivity index is 0. The number of non-ortho nitro benzene ring substituents is 1. The van der Waals surface area contributed by atoms with E-state index in [2.05, 4.69) is 0 Å². The second kappa shape index (κ2) is 12.0. The predicted octanol–water partition coefficient (Wildman–Crippen LogP) is 4.57. The predicted molar refractivity (Wildman–Crippen MR) is 78.0 cm³/mol. The van der Waals surface area contributed by atoms with Crippen molar-refractivity contribution < 1.29 is 19.2 Å². The monoisotopic (exact) mass is 285 g/mol. The lowest BCUT2D eigenvalue weighted by Gasteiger charge is -2.07. The Kier molecular flexibility index (Phi) is 12.1. The van der Waals surface area contributed by atoms with Crippen molar-refractivity contribution in [2.75, 3.05) is 0 Å². The molecule has 0 heterocycles. The Hall–Kier alpha value is -2.11. The first-order valence-electron chi connectivity index (χ1n) is 6.62. The molecule has 0 aliphatic carbocycles. The zero-order chi connectivity index (χ0) is 16.1. The maximum absolute atomic E-state index is 11.1. The van der Waals surface area contributed by atoms with Crippen LogP contribution in [-0.2, 0) is 4.74 Å². The summed E-state index contributed by atoms with van der Waals surface area (Å²) < 4.78 is 9.51. The summed E-state index contributed by atoms with van der Waals surface area (Å²) in [7, 11) is 0. The summed E-state index contributed by atoms with van der Waals surface area (Å²) in [6.07, 6.45) is -1.10. The van der Waals surface area contributed by atoms with E-state index in [1.807, 2.05) is 27.7 Å². The topological polar surface area (TPSA) is 78.7 Å². The van der Waals surface area contributed by atoms with Gasteiger partial charge >= 0.3 is 6.16 Å². The van der Waals surface area contributed by atoms with Gasteiger partial charge in [0, 0.05) is 12.1 Å². The summed E-state index contributed by atoms with van der Waals surface area (Å²) in [5.41, 5.74) is -0.0652. The second-order valence-corrected chi connectivity index (χ2v) is 3.27. The molecular weight excluding hydrogens is 262 g/mol. The van der Waals surface area contributed by atoms with Gasteiger partial charge in [0.2, 0.25) is 0 Å². The minimum Gasteiger partial charge on any atom is -0.431 e. The first-order valence-corrected chi connectivity index (χ1v) is 6.62. The van der Waals surface area contributed by atoms with Gasteiger partial charge in [0.1, 0.15) is 5.75 Å². The average molecular weight is 285 g/mol. The van der Waals surface area contributed by atoms with E-state index < -0.39 is 11.1 Å². The number of nitro benzene ring substituents is 1. The van der Waals surface area contributed by atoms with Crippen molar-refractivity contribution in [1.82, 2.24) is 0 Å². The van der Waals surface area contributed by atoms with Gasteiger partial charge in [0.15, 0.2) is 0 Å². The fourth-order valence-corrected chi connectivity index (χ4v) is 0.949. The summed E-state index contributed by atoms with van der Waals surface area (Å²) in [5.74, 6) is 0.205. The molecule has 0 N–H and O–H groups in total. The summed E-state index contributed by atoms with van der Waals surface area (Å²) >= 11 is 0. The van der Waals surface area contributed by atoms with E-state index in [0.29, 0.717) is 0 Å². The number of hydrogen-bond acceptors (Lipinski definition) is 5. The van der Waals surface area contributed by atoms with Crippen molar-refractivity contribution >= 4 is 11.8 Å². The van der Waals surface area contributed by atoms with Crippen LogP contribution in [0.1, 0.15) is 41.5 Å². The first kappa shape index (κ1) is 20.2. The zero-order valence-electron chi connectivity index (χ0n) is 12.9.